The molecule has 1 N–H and O–H groups in total. The Morgan fingerprint density at radius 3 is 2.57 bits per heavy atom. The van der Waals surface area contributed by atoms with Crippen LogP contribution in [0.4, 0.5) is 11.4 Å². The molecule has 0 saturated carbocycles. The monoisotopic (exact) mass is 300 g/mol. The maximum Gasteiger partial charge on any atom is 0.296 e. The maximum atomic E-state index is 11.6. The second-order valence-corrected chi connectivity index (χ2v) is 5.38. The van der Waals surface area contributed by atoms with Crippen molar-refractivity contribution in [2.24, 2.45) is 0 Å². The Hall–Kier alpha value is -2.33. The van der Waals surface area contributed by atoms with Gasteiger partial charge in [0.25, 0.3) is 11.7 Å². The first-order chi connectivity index (χ1) is 10.1. The van der Waals surface area contributed by atoms with E-state index in [1.807, 2.05) is 42.3 Å². The van der Waals surface area contributed by atoms with Crippen molar-refractivity contribution in [3.8, 4) is 0 Å². The van der Waals surface area contributed by atoms with Gasteiger partial charge in [0.1, 0.15) is 0 Å². The molecule has 1 aliphatic heterocycles. The summed E-state index contributed by atoms with van der Waals surface area (Å²) in [5.41, 5.74) is 2.78. The molecule has 2 aromatic carbocycles. The zero-order chi connectivity index (χ0) is 15.0. The fourth-order valence-corrected chi connectivity index (χ4v) is 2.70. The van der Waals surface area contributed by atoms with Crippen molar-refractivity contribution < 1.29 is 9.59 Å². The summed E-state index contributed by atoms with van der Waals surface area (Å²) >= 11 is 6.25. The summed E-state index contributed by atoms with van der Waals surface area (Å²) in [6.45, 7) is 0.682. The molecule has 5 heteroatoms. The van der Waals surface area contributed by atoms with Gasteiger partial charge in [-0.3, -0.25) is 9.59 Å². The van der Waals surface area contributed by atoms with E-state index in [2.05, 4.69) is 5.32 Å². The molecule has 1 aliphatic rings. The van der Waals surface area contributed by atoms with Crippen LogP contribution in [0.2, 0.25) is 5.02 Å². The molecule has 1 heterocycles. The number of fused-ring (bicyclic) bond motifs is 1. The predicted molar refractivity (Wildman–Crippen MR) is 83.0 cm³/mol. The topological polar surface area (TPSA) is 49.4 Å². The summed E-state index contributed by atoms with van der Waals surface area (Å²) in [4.78, 5) is 25.0. The smallest absolute Gasteiger partial charge is 0.296 e. The van der Waals surface area contributed by atoms with Gasteiger partial charge in [0, 0.05) is 13.6 Å². The first-order valence-corrected chi connectivity index (χ1v) is 6.88. The molecule has 21 heavy (non-hydrogen) atoms. The molecule has 0 bridgehead atoms. The number of amides is 1. The van der Waals surface area contributed by atoms with E-state index in [4.69, 9.17) is 11.6 Å². The highest BCUT2D eigenvalue weighted by Crippen LogP contribution is 2.35. The van der Waals surface area contributed by atoms with E-state index in [1.54, 1.807) is 12.1 Å². The fraction of sp³-hybridized carbons (Fsp3) is 0.125. The Labute approximate surface area is 127 Å². The van der Waals surface area contributed by atoms with E-state index in [-0.39, 0.29) is 0 Å². The van der Waals surface area contributed by atoms with E-state index < -0.39 is 11.7 Å². The number of ketones is 1. The maximum absolute atomic E-state index is 11.6. The summed E-state index contributed by atoms with van der Waals surface area (Å²) in [6, 6.07) is 13.3. The second kappa shape index (κ2) is 5.22. The Morgan fingerprint density at radius 1 is 1.14 bits per heavy atom. The van der Waals surface area contributed by atoms with E-state index in [0.29, 0.717) is 22.8 Å². The number of nitrogens with one attached hydrogen (secondary N) is 1. The van der Waals surface area contributed by atoms with E-state index in [0.717, 1.165) is 11.3 Å². The lowest BCUT2D eigenvalue weighted by Crippen LogP contribution is -2.17. The molecule has 0 saturated heterocycles. The van der Waals surface area contributed by atoms with Gasteiger partial charge in [-0.05, 0) is 17.7 Å². The lowest BCUT2D eigenvalue weighted by Gasteiger charge is -2.21. The number of halogens is 1. The number of hydrogen-bond donors (Lipinski definition) is 1. The lowest BCUT2D eigenvalue weighted by molar-refractivity contribution is -0.112. The Bertz CT molecular complexity index is 729. The third-order valence-corrected chi connectivity index (χ3v) is 3.76. The molecule has 0 aromatic heterocycles. The van der Waals surface area contributed by atoms with Gasteiger partial charge in [-0.15, -0.1) is 0 Å². The van der Waals surface area contributed by atoms with Crippen LogP contribution in [-0.2, 0) is 11.3 Å². The Morgan fingerprint density at radius 2 is 1.86 bits per heavy atom. The summed E-state index contributed by atoms with van der Waals surface area (Å²) in [5.74, 6) is -1.15. The van der Waals surface area contributed by atoms with Gasteiger partial charge < -0.3 is 10.2 Å². The minimum Gasteiger partial charge on any atom is -0.369 e. The van der Waals surface area contributed by atoms with Gasteiger partial charge in [-0.1, -0.05) is 41.9 Å². The van der Waals surface area contributed by atoms with Gasteiger partial charge in [0.05, 0.1) is 22.0 Å². The predicted octanol–water partition coefficient (Wildman–Crippen LogP) is 3.11. The highest BCUT2D eigenvalue weighted by atomic mass is 35.5. The quantitative estimate of drug-likeness (QED) is 0.886. The highest BCUT2D eigenvalue weighted by molar-refractivity contribution is 6.52. The summed E-state index contributed by atoms with van der Waals surface area (Å²) in [6.07, 6.45) is 0. The van der Waals surface area contributed by atoms with Gasteiger partial charge >= 0.3 is 0 Å². The average molecular weight is 301 g/mol. The van der Waals surface area contributed by atoms with Crippen molar-refractivity contribution in [3.63, 3.8) is 0 Å². The van der Waals surface area contributed by atoms with Gasteiger partial charge in [0.15, 0.2) is 0 Å². The summed E-state index contributed by atoms with van der Waals surface area (Å²) in [5, 5.41) is 3.02. The second-order valence-electron chi connectivity index (χ2n) is 4.97. The van der Waals surface area contributed by atoms with Crippen LogP contribution in [0, 0.1) is 0 Å². The molecule has 3 rings (SSSR count). The number of hydrogen-bond acceptors (Lipinski definition) is 3. The van der Waals surface area contributed by atoms with Crippen molar-refractivity contribution in [2.75, 3.05) is 17.3 Å². The minimum atomic E-state index is -0.607. The normalized spacial score (nSPS) is 13.0. The van der Waals surface area contributed by atoms with Crippen LogP contribution in [0.3, 0.4) is 0 Å². The third-order valence-electron chi connectivity index (χ3n) is 3.46. The molecule has 0 unspecified atom stereocenters. The van der Waals surface area contributed by atoms with Crippen LogP contribution >= 0.6 is 11.6 Å². The first-order valence-electron chi connectivity index (χ1n) is 6.50. The van der Waals surface area contributed by atoms with Crippen molar-refractivity contribution in [2.45, 2.75) is 6.54 Å². The standard InChI is InChI=1S/C16H13ClN2O2/c1-19(9-10-5-3-2-4-6-10)14-8-13-11(7-12(14)17)15(20)16(21)18-13/h2-8H,9H2,1H3,(H,18,20,21). The molecule has 0 radical (unpaired) electrons. The number of nitrogens with zero attached hydrogens (tertiary/aromatic N) is 1. The zero-order valence-electron chi connectivity index (χ0n) is 11.4. The molecule has 1 amide bonds. The van der Waals surface area contributed by atoms with Crippen LogP contribution in [-0.4, -0.2) is 18.7 Å². The number of anilines is 2. The van der Waals surface area contributed by atoms with Crippen LogP contribution in [0.1, 0.15) is 15.9 Å². The number of carbonyl (C=O) groups is 2. The number of carbonyl (C=O) groups excluding carboxylic acids is 2. The fourth-order valence-electron chi connectivity index (χ4n) is 2.39. The summed E-state index contributed by atoms with van der Waals surface area (Å²) in [7, 11) is 1.92. The van der Waals surface area contributed by atoms with Crippen LogP contribution in [0.15, 0.2) is 42.5 Å². The minimum absolute atomic E-state index is 0.335. The SMILES string of the molecule is CN(Cc1ccccc1)c1cc2c(cc1Cl)C(=O)C(=O)N2. The molecule has 4 nitrogen and oxygen atoms in total. The molecular weight excluding hydrogens is 288 g/mol. The number of Topliss-reactive ketones (excluding diaryl/α,β-unsaturated/α-hetero) is 1. The molecule has 0 atom stereocenters. The lowest BCUT2D eigenvalue weighted by atomic mass is 10.1. The highest BCUT2D eigenvalue weighted by Gasteiger charge is 2.29. The van der Waals surface area contributed by atoms with Gasteiger partial charge in [-0.25, -0.2) is 0 Å². The van der Waals surface area contributed by atoms with Crippen LogP contribution < -0.4 is 10.2 Å². The summed E-state index contributed by atoms with van der Waals surface area (Å²) < 4.78 is 0. The molecule has 0 spiro atoms. The Kier molecular flexibility index (Phi) is 3.39. The average Bonchev–Trinajstić information content (AvgIpc) is 2.74. The Balaban J connectivity index is 1.91. The van der Waals surface area contributed by atoms with Crippen LogP contribution in [0.25, 0.3) is 0 Å². The van der Waals surface area contributed by atoms with E-state index >= 15 is 0 Å². The van der Waals surface area contributed by atoms with Crippen molar-refractivity contribution >= 4 is 34.7 Å². The molecular formula is C16H13ClN2O2. The molecule has 2 aromatic rings. The van der Waals surface area contributed by atoms with Crippen molar-refractivity contribution in [1.29, 1.82) is 0 Å². The number of rotatable bonds is 3. The molecule has 106 valence electrons. The zero-order valence-corrected chi connectivity index (χ0v) is 12.1. The molecule has 0 fully saturated rings. The first kappa shape index (κ1) is 13.6. The molecule has 0 aliphatic carbocycles. The van der Waals surface area contributed by atoms with E-state index in [1.165, 1.54) is 0 Å². The van der Waals surface area contributed by atoms with Crippen LogP contribution in [0.5, 0.6) is 0 Å². The third kappa shape index (κ3) is 2.50. The van der Waals surface area contributed by atoms with Crippen molar-refractivity contribution in [1.82, 2.24) is 0 Å². The van der Waals surface area contributed by atoms with Gasteiger partial charge in [0.2, 0.25) is 0 Å². The van der Waals surface area contributed by atoms with Gasteiger partial charge in [-0.2, -0.15) is 0 Å². The van der Waals surface area contributed by atoms with Crippen molar-refractivity contribution in [3.05, 3.63) is 58.6 Å². The largest absolute Gasteiger partial charge is 0.369 e. The van der Waals surface area contributed by atoms with E-state index in [9.17, 15) is 9.59 Å². The number of benzene rings is 2.